The lowest BCUT2D eigenvalue weighted by molar-refractivity contribution is -0.460. The van der Waals surface area contributed by atoms with Gasteiger partial charge in [0.2, 0.25) is 5.83 Å². The Morgan fingerprint density at radius 1 is 0.441 bits per heavy atom. The van der Waals surface area contributed by atoms with Gasteiger partial charge in [0.1, 0.15) is 0 Å². The molecule has 0 aliphatic heterocycles. The van der Waals surface area contributed by atoms with Crippen molar-refractivity contribution in [3.63, 3.8) is 0 Å². The van der Waals surface area contributed by atoms with Crippen LogP contribution in [0.2, 0.25) is 0 Å². The second kappa shape index (κ2) is 7.99. The Morgan fingerprint density at radius 2 is 0.706 bits per heavy atom. The van der Waals surface area contributed by atoms with Crippen molar-refractivity contribution in [2.45, 2.75) is 47.6 Å². The predicted molar refractivity (Wildman–Crippen MR) is 64.1 cm³/mol. The summed E-state index contributed by atoms with van der Waals surface area (Å²) in [7, 11) is 0. The maximum Gasteiger partial charge on any atom is 0.460 e. The Bertz CT molecular complexity index is 867. The molecule has 0 bridgehead atoms. The van der Waals surface area contributed by atoms with E-state index in [1.165, 1.54) is 0 Å². The van der Waals surface area contributed by atoms with Gasteiger partial charge in [0.25, 0.3) is 0 Å². The van der Waals surface area contributed by atoms with Gasteiger partial charge in [-0.05, 0) is 0 Å². The number of hydrogen-bond acceptors (Lipinski definition) is 2. The van der Waals surface area contributed by atoms with Crippen LogP contribution in [0.1, 0.15) is 0 Å². The molecule has 0 aromatic rings. The molecule has 0 saturated carbocycles. The van der Waals surface area contributed by atoms with Crippen LogP contribution in [0.25, 0.3) is 0 Å². The topological polar surface area (TPSA) is 74.6 Å². The molecular formula is C12H2F18O4. The van der Waals surface area contributed by atoms with Gasteiger partial charge in [-0.25, -0.2) is 9.59 Å². The molecule has 0 aliphatic carbocycles. The minimum absolute atomic E-state index is 3.59. The number of carboxylic acids is 2. The fraction of sp³-hybridized carbons (Fsp3) is 0.667. The van der Waals surface area contributed by atoms with E-state index in [1.807, 2.05) is 0 Å². The van der Waals surface area contributed by atoms with Gasteiger partial charge in [-0.1, -0.05) is 0 Å². The van der Waals surface area contributed by atoms with Crippen LogP contribution in [-0.2, 0) is 9.59 Å². The third-order valence-corrected chi connectivity index (χ3v) is 3.66. The number of halogens is 18. The highest BCUT2D eigenvalue weighted by atomic mass is 19.4. The van der Waals surface area contributed by atoms with Gasteiger partial charge >= 0.3 is 59.6 Å². The van der Waals surface area contributed by atoms with E-state index in [0.717, 1.165) is 0 Å². The van der Waals surface area contributed by atoms with Crippen LogP contribution in [-0.4, -0.2) is 69.8 Å². The van der Waals surface area contributed by atoms with E-state index in [1.54, 1.807) is 0 Å². The van der Waals surface area contributed by atoms with E-state index in [0.29, 0.717) is 0 Å². The van der Waals surface area contributed by atoms with E-state index < -0.39 is 71.0 Å². The molecule has 0 spiro atoms. The Labute approximate surface area is 171 Å². The molecule has 0 saturated heterocycles. The summed E-state index contributed by atoms with van der Waals surface area (Å²) in [5.74, 6) is -72.0. The second-order valence-electron chi connectivity index (χ2n) is 5.82. The molecule has 0 heterocycles. The summed E-state index contributed by atoms with van der Waals surface area (Å²) >= 11 is 0. The van der Waals surface area contributed by atoms with E-state index in [4.69, 9.17) is 10.2 Å². The molecule has 0 atom stereocenters. The molecule has 22 heteroatoms. The van der Waals surface area contributed by atoms with Gasteiger partial charge in [-0.3, -0.25) is 0 Å². The van der Waals surface area contributed by atoms with E-state index >= 15 is 0 Å². The minimum atomic E-state index is -9.02. The van der Waals surface area contributed by atoms with Crippen LogP contribution in [0.3, 0.4) is 0 Å². The highest BCUT2D eigenvalue weighted by Gasteiger charge is 2.95. The quantitative estimate of drug-likeness (QED) is 0.298. The minimum Gasteiger partial charge on any atom is -0.478 e. The van der Waals surface area contributed by atoms with Gasteiger partial charge < -0.3 is 10.2 Å². The first-order chi connectivity index (χ1) is 14.4. The van der Waals surface area contributed by atoms with E-state index in [-0.39, 0.29) is 0 Å². The summed E-state index contributed by atoms with van der Waals surface area (Å²) in [4.78, 5) is 20.6. The number of rotatable bonds is 9. The Kier molecular flexibility index (Phi) is 7.38. The van der Waals surface area contributed by atoms with Crippen molar-refractivity contribution in [2.75, 3.05) is 0 Å². The summed E-state index contributed by atoms with van der Waals surface area (Å²) < 4.78 is 234. The van der Waals surface area contributed by atoms with Crippen molar-refractivity contribution in [2.24, 2.45) is 0 Å². The average Bonchev–Trinajstić information content (AvgIpc) is 2.58. The lowest BCUT2D eigenvalue weighted by Crippen LogP contribution is -2.74. The zero-order valence-corrected chi connectivity index (χ0v) is 14.5. The molecule has 0 rings (SSSR count). The lowest BCUT2D eigenvalue weighted by atomic mass is 9.87. The summed E-state index contributed by atoms with van der Waals surface area (Å²) in [5.41, 5.74) is -4.35. The maximum absolute atomic E-state index is 13.6. The number of carboxylic acid groups (broad SMARTS) is 2. The highest BCUT2D eigenvalue weighted by molar-refractivity contribution is 5.98. The summed E-state index contributed by atoms with van der Waals surface area (Å²) in [6.07, 6.45) is -7.96. The van der Waals surface area contributed by atoms with E-state index in [2.05, 4.69) is 0 Å². The summed E-state index contributed by atoms with van der Waals surface area (Å²) in [6, 6.07) is 0. The molecule has 4 nitrogen and oxygen atoms in total. The van der Waals surface area contributed by atoms with Crippen LogP contribution in [0.5, 0.6) is 0 Å². The first-order valence-electron chi connectivity index (χ1n) is 7.01. The van der Waals surface area contributed by atoms with Crippen LogP contribution >= 0.6 is 0 Å². The summed E-state index contributed by atoms with van der Waals surface area (Å²) in [5, 5.41) is 16.1. The summed E-state index contributed by atoms with van der Waals surface area (Å²) in [6.45, 7) is 0. The first-order valence-corrected chi connectivity index (χ1v) is 7.01. The normalized spacial score (nSPS) is 16.3. The fourth-order valence-corrected chi connectivity index (χ4v) is 1.79. The Balaban J connectivity index is 7.22. The molecule has 0 unspecified atom stereocenters. The Hall–Kier alpha value is -2.58. The number of alkyl halides is 17. The molecule has 0 aromatic heterocycles. The standard InChI is InChI=1S/C12H2F18O4/c13-2(4(33)34)1(3(31)32)5(14,15)6(16,17)7(18,19)8(20,21)9(22,23)10(24,25)11(26,27)12(28,29)30/h(H,31,32)(H,33,34)/b2-1-. The zero-order valence-electron chi connectivity index (χ0n) is 14.5. The number of carbonyl (C=O) groups is 2. The van der Waals surface area contributed by atoms with Gasteiger partial charge in [0.05, 0.1) is 0 Å². The molecule has 2 N–H and O–H groups in total. The van der Waals surface area contributed by atoms with E-state index in [9.17, 15) is 88.6 Å². The molecule has 0 aliphatic rings. The SMILES string of the molecule is O=C(O)/C(F)=C(\C(=O)O)C(F)(F)C(F)(F)C(F)(F)C(F)(F)C(F)(F)C(F)(F)C(F)(F)C(F)(F)F. The van der Waals surface area contributed by atoms with Crippen LogP contribution in [0, 0.1) is 0 Å². The van der Waals surface area contributed by atoms with Crippen LogP contribution in [0.15, 0.2) is 11.4 Å². The van der Waals surface area contributed by atoms with Crippen molar-refractivity contribution >= 4 is 11.9 Å². The molecule has 200 valence electrons. The van der Waals surface area contributed by atoms with Crippen molar-refractivity contribution in [1.82, 2.24) is 0 Å². The smallest absolute Gasteiger partial charge is 0.460 e. The first kappa shape index (κ1) is 31.4. The average molecular weight is 552 g/mol. The molecule has 0 amide bonds. The number of aliphatic carboxylic acids is 2. The molecule has 0 aromatic carbocycles. The van der Waals surface area contributed by atoms with Gasteiger partial charge in [0, 0.05) is 0 Å². The van der Waals surface area contributed by atoms with Crippen molar-refractivity contribution in [3.8, 4) is 0 Å². The lowest BCUT2D eigenvalue weighted by Gasteiger charge is -2.42. The zero-order chi connectivity index (χ0) is 28.3. The third kappa shape index (κ3) is 3.86. The van der Waals surface area contributed by atoms with Gasteiger partial charge in [0.15, 0.2) is 5.57 Å². The largest absolute Gasteiger partial charge is 0.478 e. The highest BCUT2D eigenvalue weighted by Crippen LogP contribution is 2.64. The monoisotopic (exact) mass is 552 g/mol. The molecule has 0 radical (unpaired) electrons. The predicted octanol–water partition coefficient (Wildman–Crippen LogP) is 5.39. The number of hydrogen-bond donors (Lipinski definition) is 2. The maximum atomic E-state index is 13.6. The van der Waals surface area contributed by atoms with Crippen molar-refractivity contribution < 1.29 is 98.8 Å². The van der Waals surface area contributed by atoms with Gasteiger partial charge in [-0.2, -0.15) is 79.0 Å². The molecular weight excluding hydrogens is 550 g/mol. The Morgan fingerprint density at radius 3 is 0.941 bits per heavy atom. The fourth-order valence-electron chi connectivity index (χ4n) is 1.79. The van der Waals surface area contributed by atoms with Crippen LogP contribution < -0.4 is 0 Å². The van der Waals surface area contributed by atoms with Crippen molar-refractivity contribution in [1.29, 1.82) is 0 Å². The molecule has 0 fully saturated rings. The second-order valence-corrected chi connectivity index (χ2v) is 5.82. The van der Waals surface area contributed by atoms with Crippen molar-refractivity contribution in [3.05, 3.63) is 11.4 Å². The van der Waals surface area contributed by atoms with Crippen LogP contribution in [0.4, 0.5) is 79.0 Å². The third-order valence-electron chi connectivity index (χ3n) is 3.66. The van der Waals surface area contributed by atoms with Gasteiger partial charge in [-0.15, -0.1) is 0 Å². The molecule has 34 heavy (non-hydrogen) atoms.